The highest BCUT2D eigenvalue weighted by atomic mass is 31.2. The van der Waals surface area contributed by atoms with E-state index in [4.69, 9.17) is 22.7 Å². The highest BCUT2D eigenvalue weighted by molar-refractivity contribution is 7.55. The van der Waals surface area contributed by atoms with Crippen LogP contribution in [0.1, 0.15) is 30.8 Å². The molecule has 0 bridgehead atoms. The maximum absolute atomic E-state index is 12.4. The summed E-state index contributed by atoms with van der Waals surface area (Å²) in [5.41, 5.74) is -0.790. The average Bonchev–Trinajstić information content (AvgIpc) is 3.18. The summed E-state index contributed by atoms with van der Waals surface area (Å²) in [6, 6.07) is 0. The van der Waals surface area contributed by atoms with Crippen LogP contribution in [0.25, 0.3) is 0 Å². The summed E-state index contributed by atoms with van der Waals surface area (Å²) in [6.45, 7) is 2.69. The third-order valence-corrected chi connectivity index (χ3v) is 5.05. The molecule has 0 spiro atoms. The zero-order valence-electron chi connectivity index (χ0n) is 15.6. The van der Waals surface area contributed by atoms with Crippen LogP contribution in [0, 0.1) is 5.41 Å². The van der Waals surface area contributed by atoms with Gasteiger partial charge in [0.05, 0.1) is 26.3 Å². The predicted octanol–water partition coefficient (Wildman–Crippen LogP) is 0.596. The molecule has 1 radical (unpaired) electrons. The molecular weight excluding hydrogens is 399 g/mol. The Morgan fingerprint density at radius 2 is 2.18 bits per heavy atom. The van der Waals surface area contributed by atoms with E-state index in [1.807, 2.05) is 0 Å². The van der Waals surface area contributed by atoms with Crippen LogP contribution in [0.4, 0.5) is 0 Å². The number of carbonyl (C=O) groups is 3. The Labute approximate surface area is 161 Å². The summed E-state index contributed by atoms with van der Waals surface area (Å²) in [6.07, 6.45) is 1.06. The lowest BCUT2D eigenvalue weighted by atomic mass is 9.87. The number of methoxy groups -OCH3 is 1. The first-order valence-electron chi connectivity index (χ1n) is 8.16. The molecule has 1 fully saturated rings. The second-order valence-electron chi connectivity index (χ2n) is 6.38. The van der Waals surface area contributed by atoms with Crippen molar-refractivity contribution >= 4 is 26.0 Å². The van der Waals surface area contributed by atoms with E-state index in [9.17, 15) is 19.3 Å². The van der Waals surface area contributed by atoms with Crippen LogP contribution >= 0.6 is 8.17 Å². The third-order valence-electron chi connectivity index (χ3n) is 3.68. The largest absolute Gasteiger partial charge is 0.469 e. The second-order valence-corrected chi connectivity index (χ2v) is 8.04. The summed E-state index contributed by atoms with van der Waals surface area (Å²) in [4.78, 5) is 49.1. The fraction of sp³-hybridized carbons (Fsp3) is 0.600. The molecule has 28 heavy (non-hydrogen) atoms. The molecule has 2 N–H and O–H groups in total. The van der Waals surface area contributed by atoms with Crippen molar-refractivity contribution in [2.24, 2.45) is 5.41 Å². The molecule has 1 aliphatic heterocycles. The molecule has 12 nitrogen and oxygen atoms in total. The number of hydrogen-bond acceptors (Lipinski definition) is 11. The van der Waals surface area contributed by atoms with Gasteiger partial charge >= 0.3 is 20.1 Å². The Kier molecular flexibility index (Phi) is 7.44. The fourth-order valence-corrected chi connectivity index (χ4v) is 3.64. The molecule has 1 aromatic rings. The Morgan fingerprint density at radius 1 is 1.43 bits per heavy atom. The van der Waals surface area contributed by atoms with E-state index in [2.05, 4.69) is 15.0 Å². The molecule has 157 valence electrons. The van der Waals surface area contributed by atoms with Gasteiger partial charge in [-0.1, -0.05) is 13.8 Å². The lowest BCUT2D eigenvalue weighted by molar-refractivity contribution is -0.146. The number of hydrogen-bond donors (Lipinski definition) is 2. The van der Waals surface area contributed by atoms with Gasteiger partial charge in [0.15, 0.2) is 12.5 Å². The highest BCUT2D eigenvalue weighted by Gasteiger charge is 2.50. The molecule has 2 rings (SSSR count). The zero-order valence-corrected chi connectivity index (χ0v) is 16.5. The van der Waals surface area contributed by atoms with Gasteiger partial charge in [-0.2, -0.15) is 0 Å². The van der Waals surface area contributed by atoms with Crippen molar-refractivity contribution < 1.29 is 46.7 Å². The second kappa shape index (κ2) is 9.39. The minimum atomic E-state index is -3.92. The third kappa shape index (κ3) is 5.94. The molecule has 2 heterocycles. The molecule has 1 aromatic heterocycles. The van der Waals surface area contributed by atoms with Crippen LogP contribution < -0.4 is 5.32 Å². The summed E-state index contributed by atoms with van der Waals surface area (Å²) in [5.74, 6) is -2.05. The fourth-order valence-electron chi connectivity index (χ4n) is 2.12. The van der Waals surface area contributed by atoms with Gasteiger partial charge in [0, 0.05) is 12.0 Å². The number of rotatable bonds is 8. The highest BCUT2D eigenvalue weighted by Crippen LogP contribution is 2.63. The van der Waals surface area contributed by atoms with E-state index in [1.54, 1.807) is 13.8 Å². The first-order valence-corrected chi connectivity index (χ1v) is 9.66. The van der Waals surface area contributed by atoms with Crippen molar-refractivity contribution in [1.82, 2.24) is 10.3 Å². The van der Waals surface area contributed by atoms with E-state index in [0.717, 1.165) is 12.6 Å². The SMILES string of the molecule is COC(=O)CCNC(=O)[C@@H]1O[P](O)(OCOC(=O)c2cnco2)OCC1(C)C. The first-order chi connectivity index (χ1) is 13.2. The Bertz CT molecular complexity index is 695. The zero-order chi connectivity index (χ0) is 20.8. The van der Waals surface area contributed by atoms with E-state index < -0.39 is 44.3 Å². The lowest BCUT2D eigenvalue weighted by Gasteiger charge is -2.43. The van der Waals surface area contributed by atoms with Crippen LogP contribution in [0.15, 0.2) is 17.0 Å². The quantitative estimate of drug-likeness (QED) is 0.344. The number of nitrogens with one attached hydrogen (secondary N) is 1. The molecule has 2 atom stereocenters. The molecule has 0 saturated carbocycles. The van der Waals surface area contributed by atoms with Crippen molar-refractivity contribution in [2.75, 3.05) is 27.1 Å². The maximum atomic E-state index is 12.4. The van der Waals surface area contributed by atoms with Crippen LogP contribution in [0.3, 0.4) is 0 Å². The predicted molar refractivity (Wildman–Crippen MR) is 91.3 cm³/mol. The summed E-state index contributed by atoms with van der Waals surface area (Å²) in [7, 11) is -2.68. The maximum Gasteiger partial charge on any atom is 0.381 e. The minimum absolute atomic E-state index is 0.0145. The van der Waals surface area contributed by atoms with Gasteiger partial charge in [-0.3, -0.25) is 23.2 Å². The van der Waals surface area contributed by atoms with Gasteiger partial charge in [-0.05, 0) is 0 Å². The summed E-state index contributed by atoms with van der Waals surface area (Å²) < 4.78 is 29.7. The standard InChI is InChI=1S/C15H22N2O10P/c1-15(2)7-25-28(21,26-9-24-14(20)10-6-16-8-23-10)27-12(15)13(19)17-5-4-11(18)22-3/h6,8,12,21H,4-5,7,9H2,1-3H3,(H,17,19)/t12-/m0/s1. The van der Waals surface area contributed by atoms with Gasteiger partial charge in [-0.15, -0.1) is 0 Å². The summed E-state index contributed by atoms with van der Waals surface area (Å²) >= 11 is 0. The Morgan fingerprint density at radius 3 is 2.82 bits per heavy atom. The van der Waals surface area contributed by atoms with Gasteiger partial charge in [0.2, 0.25) is 18.5 Å². The number of amides is 1. The van der Waals surface area contributed by atoms with Crippen molar-refractivity contribution in [1.29, 1.82) is 0 Å². The minimum Gasteiger partial charge on any atom is -0.469 e. The van der Waals surface area contributed by atoms with Gasteiger partial charge in [-0.25, -0.2) is 9.78 Å². The molecule has 0 aromatic carbocycles. The number of carbonyl (C=O) groups excluding carboxylic acids is 3. The van der Waals surface area contributed by atoms with E-state index in [1.165, 1.54) is 7.11 Å². The first kappa shape index (κ1) is 22.2. The molecule has 1 aliphatic rings. The Balaban J connectivity index is 1.88. The molecule has 1 saturated heterocycles. The van der Waals surface area contributed by atoms with Gasteiger partial charge in [0.1, 0.15) is 0 Å². The Hall–Kier alpha value is -2.11. The van der Waals surface area contributed by atoms with Crippen LogP contribution in [-0.4, -0.2) is 60.9 Å². The number of oxazole rings is 1. The average molecular weight is 421 g/mol. The number of esters is 2. The molecule has 1 amide bonds. The van der Waals surface area contributed by atoms with Gasteiger partial charge in [0.25, 0.3) is 0 Å². The van der Waals surface area contributed by atoms with Crippen molar-refractivity contribution in [2.45, 2.75) is 26.4 Å². The number of aromatic nitrogens is 1. The molecule has 0 aliphatic carbocycles. The topological polar surface area (TPSA) is 156 Å². The molecule has 1 unspecified atom stereocenters. The number of nitrogens with zero attached hydrogens (tertiary/aromatic N) is 1. The van der Waals surface area contributed by atoms with E-state index in [-0.39, 0.29) is 25.3 Å². The van der Waals surface area contributed by atoms with E-state index in [0.29, 0.717) is 0 Å². The molecule has 13 heteroatoms. The van der Waals surface area contributed by atoms with Crippen molar-refractivity contribution in [3.63, 3.8) is 0 Å². The van der Waals surface area contributed by atoms with Crippen molar-refractivity contribution in [3.8, 4) is 0 Å². The molecular formula is C15H22N2O10P. The summed E-state index contributed by atoms with van der Waals surface area (Å²) in [5, 5.41) is 2.53. The normalized spacial score (nSPS) is 23.6. The van der Waals surface area contributed by atoms with Crippen LogP contribution in [-0.2, 0) is 32.6 Å². The lowest BCUT2D eigenvalue weighted by Crippen LogP contribution is -2.50. The monoisotopic (exact) mass is 421 g/mol. The van der Waals surface area contributed by atoms with Crippen molar-refractivity contribution in [3.05, 3.63) is 18.4 Å². The van der Waals surface area contributed by atoms with Crippen LogP contribution in [0.2, 0.25) is 0 Å². The van der Waals surface area contributed by atoms with Gasteiger partial charge < -0.3 is 24.1 Å². The number of ether oxygens (including phenoxy) is 2. The van der Waals surface area contributed by atoms with E-state index >= 15 is 0 Å². The van der Waals surface area contributed by atoms with Crippen LogP contribution in [0.5, 0.6) is 0 Å². The smallest absolute Gasteiger partial charge is 0.381 e.